The molecule has 0 saturated carbocycles. The summed E-state index contributed by atoms with van der Waals surface area (Å²) in [5.74, 6) is -1.64. The van der Waals surface area contributed by atoms with Crippen molar-refractivity contribution in [3.05, 3.63) is 39.4 Å². The minimum Gasteiger partial charge on any atom is -0.478 e. The second-order valence-electron chi connectivity index (χ2n) is 4.04. The highest BCUT2D eigenvalue weighted by Crippen LogP contribution is 2.24. The highest BCUT2D eigenvalue weighted by atomic mass is 35.5. The predicted molar refractivity (Wildman–Crippen MR) is 74.7 cm³/mol. The van der Waals surface area contributed by atoms with Crippen molar-refractivity contribution in [1.29, 1.82) is 0 Å². The van der Waals surface area contributed by atoms with Gasteiger partial charge in [0.2, 0.25) is 0 Å². The number of sulfone groups is 1. The standard InChI is InChI=1S/C12H12Cl2O4S/c1-7-3-9(12(15)16)4-11(8(7)2)19(17,18)6-10(14)5-13/h3-5H,6H2,1-2H3,(H,15,16). The quantitative estimate of drug-likeness (QED) is 0.924. The third-order valence-corrected chi connectivity index (χ3v) is 5.21. The minimum atomic E-state index is -3.73. The molecule has 1 rings (SSSR count). The molecular weight excluding hydrogens is 311 g/mol. The van der Waals surface area contributed by atoms with E-state index in [9.17, 15) is 13.2 Å². The number of carboxylic acid groups (broad SMARTS) is 1. The van der Waals surface area contributed by atoms with Crippen LogP contribution in [0.15, 0.2) is 27.6 Å². The summed E-state index contributed by atoms with van der Waals surface area (Å²) in [4.78, 5) is 10.9. The molecule has 0 atom stereocenters. The highest BCUT2D eigenvalue weighted by Gasteiger charge is 2.21. The van der Waals surface area contributed by atoms with Crippen LogP contribution in [0.5, 0.6) is 0 Å². The van der Waals surface area contributed by atoms with Gasteiger partial charge in [0.1, 0.15) is 0 Å². The summed E-state index contributed by atoms with van der Waals surface area (Å²) >= 11 is 11.0. The molecule has 1 N–H and O–H groups in total. The zero-order valence-electron chi connectivity index (χ0n) is 10.3. The van der Waals surface area contributed by atoms with Crippen LogP contribution in [0.3, 0.4) is 0 Å². The number of halogens is 2. The topological polar surface area (TPSA) is 71.4 Å². The molecule has 0 aliphatic carbocycles. The monoisotopic (exact) mass is 322 g/mol. The third kappa shape index (κ3) is 3.72. The summed E-state index contributed by atoms with van der Waals surface area (Å²) in [7, 11) is -3.73. The van der Waals surface area contributed by atoms with Crippen molar-refractivity contribution in [3.8, 4) is 0 Å². The zero-order chi connectivity index (χ0) is 14.8. The Bertz CT molecular complexity index is 648. The van der Waals surface area contributed by atoms with Crippen molar-refractivity contribution >= 4 is 39.0 Å². The number of hydrogen-bond donors (Lipinski definition) is 1. The summed E-state index contributed by atoms with van der Waals surface area (Å²) in [5, 5.41) is 8.94. The van der Waals surface area contributed by atoms with Crippen LogP contribution in [0.25, 0.3) is 0 Å². The summed E-state index contributed by atoms with van der Waals surface area (Å²) in [6.07, 6.45) is 0. The Hall–Kier alpha value is -1.04. The molecule has 104 valence electrons. The minimum absolute atomic E-state index is 0.0283. The van der Waals surface area contributed by atoms with E-state index in [4.69, 9.17) is 28.3 Å². The van der Waals surface area contributed by atoms with Gasteiger partial charge in [0.25, 0.3) is 0 Å². The lowest BCUT2D eigenvalue weighted by molar-refractivity contribution is 0.0696. The molecule has 7 heteroatoms. The van der Waals surface area contributed by atoms with Crippen molar-refractivity contribution in [2.75, 3.05) is 5.75 Å². The van der Waals surface area contributed by atoms with Gasteiger partial charge in [-0.3, -0.25) is 0 Å². The Kier molecular flexibility index (Phi) is 5.01. The van der Waals surface area contributed by atoms with E-state index in [1.54, 1.807) is 13.8 Å². The first-order valence-corrected chi connectivity index (χ1v) is 7.67. The maximum absolute atomic E-state index is 12.2. The number of rotatable bonds is 4. The average Bonchev–Trinajstić information content (AvgIpc) is 2.31. The van der Waals surface area contributed by atoms with Gasteiger partial charge in [-0.05, 0) is 37.1 Å². The molecule has 0 aliphatic rings. The molecule has 19 heavy (non-hydrogen) atoms. The van der Waals surface area contributed by atoms with Gasteiger partial charge in [0, 0.05) is 10.6 Å². The molecule has 0 heterocycles. The molecule has 0 spiro atoms. The number of hydrogen-bond acceptors (Lipinski definition) is 3. The van der Waals surface area contributed by atoms with Gasteiger partial charge >= 0.3 is 5.97 Å². The normalized spacial score (nSPS) is 12.5. The molecule has 4 nitrogen and oxygen atoms in total. The van der Waals surface area contributed by atoms with E-state index in [1.807, 2.05) is 0 Å². The van der Waals surface area contributed by atoms with Gasteiger partial charge in [-0.1, -0.05) is 23.2 Å². The molecule has 0 bridgehead atoms. The lowest BCUT2D eigenvalue weighted by Crippen LogP contribution is -2.11. The maximum atomic E-state index is 12.2. The Morgan fingerprint density at radius 2 is 1.95 bits per heavy atom. The van der Waals surface area contributed by atoms with Crippen LogP contribution in [0.4, 0.5) is 0 Å². The van der Waals surface area contributed by atoms with Crippen LogP contribution >= 0.6 is 23.2 Å². The number of benzene rings is 1. The SMILES string of the molecule is Cc1cc(C(=O)O)cc(S(=O)(=O)CC(Cl)=CCl)c1C. The van der Waals surface area contributed by atoms with E-state index in [1.165, 1.54) is 6.07 Å². The van der Waals surface area contributed by atoms with E-state index in [0.29, 0.717) is 11.1 Å². The molecule has 0 fully saturated rings. The molecule has 1 aromatic carbocycles. The highest BCUT2D eigenvalue weighted by molar-refractivity contribution is 7.91. The predicted octanol–water partition coefficient (Wildman–Crippen LogP) is 3.09. The molecular formula is C12H12Cl2O4S. The van der Waals surface area contributed by atoms with Gasteiger partial charge in [-0.15, -0.1) is 0 Å². The number of aromatic carboxylic acids is 1. The van der Waals surface area contributed by atoms with Gasteiger partial charge in [-0.2, -0.15) is 0 Å². The Balaban J connectivity index is 3.45. The Morgan fingerprint density at radius 1 is 1.37 bits per heavy atom. The van der Waals surface area contributed by atoms with Gasteiger partial charge in [0.05, 0.1) is 16.2 Å². The number of carbonyl (C=O) groups is 1. The summed E-state index contributed by atoms with van der Waals surface area (Å²) in [6.45, 7) is 3.27. The van der Waals surface area contributed by atoms with Crippen LogP contribution < -0.4 is 0 Å². The van der Waals surface area contributed by atoms with E-state index < -0.39 is 21.6 Å². The van der Waals surface area contributed by atoms with Crippen molar-refractivity contribution in [3.63, 3.8) is 0 Å². The molecule has 0 saturated heterocycles. The largest absolute Gasteiger partial charge is 0.478 e. The van der Waals surface area contributed by atoms with Crippen molar-refractivity contribution in [1.82, 2.24) is 0 Å². The molecule has 0 amide bonds. The van der Waals surface area contributed by atoms with Crippen LogP contribution in [0.1, 0.15) is 21.5 Å². The van der Waals surface area contributed by atoms with Crippen LogP contribution in [0, 0.1) is 13.8 Å². The Morgan fingerprint density at radius 3 is 2.42 bits per heavy atom. The smallest absolute Gasteiger partial charge is 0.335 e. The molecule has 0 radical (unpaired) electrons. The lowest BCUT2D eigenvalue weighted by Gasteiger charge is -2.11. The maximum Gasteiger partial charge on any atom is 0.335 e. The molecule has 0 aliphatic heterocycles. The first-order valence-electron chi connectivity index (χ1n) is 5.21. The van der Waals surface area contributed by atoms with Gasteiger partial charge in [-0.25, -0.2) is 13.2 Å². The average molecular weight is 323 g/mol. The second-order valence-corrected chi connectivity index (χ2v) is 6.70. The fourth-order valence-electron chi connectivity index (χ4n) is 1.56. The van der Waals surface area contributed by atoms with Crippen LogP contribution in [-0.4, -0.2) is 25.2 Å². The molecule has 0 aromatic heterocycles. The zero-order valence-corrected chi connectivity index (χ0v) is 12.6. The van der Waals surface area contributed by atoms with Gasteiger partial charge < -0.3 is 5.11 Å². The van der Waals surface area contributed by atoms with E-state index >= 15 is 0 Å². The fourth-order valence-corrected chi connectivity index (χ4v) is 3.70. The van der Waals surface area contributed by atoms with Crippen molar-refractivity contribution in [2.45, 2.75) is 18.7 Å². The van der Waals surface area contributed by atoms with Crippen molar-refractivity contribution < 1.29 is 18.3 Å². The number of carboxylic acids is 1. The van der Waals surface area contributed by atoms with E-state index in [0.717, 1.165) is 11.6 Å². The summed E-state index contributed by atoms with van der Waals surface area (Å²) in [6, 6.07) is 2.56. The second kappa shape index (κ2) is 5.94. The van der Waals surface area contributed by atoms with Gasteiger partial charge in [0.15, 0.2) is 9.84 Å². The lowest BCUT2D eigenvalue weighted by atomic mass is 10.1. The molecule has 0 unspecified atom stereocenters. The molecule has 1 aromatic rings. The first-order chi connectivity index (χ1) is 8.69. The summed E-state index contributed by atoms with van der Waals surface area (Å²) in [5.41, 5.74) is 1.99. The van der Waals surface area contributed by atoms with Crippen molar-refractivity contribution in [2.24, 2.45) is 0 Å². The van der Waals surface area contributed by atoms with E-state index in [2.05, 4.69) is 0 Å². The first kappa shape index (κ1) is 16.0. The summed E-state index contributed by atoms with van der Waals surface area (Å²) < 4.78 is 24.3. The van der Waals surface area contributed by atoms with Crippen LogP contribution in [-0.2, 0) is 9.84 Å². The third-order valence-electron chi connectivity index (χ3n) is 2.65. The van der Waals surface area contributed by atoms with E-state index in [-0.39, 0.29) is 15.5 Å². The Labute approximate surface area is 121 Å². The van der Waals surface area contributed by atoms with Crippen LogP contribution in [0.2, 0.25) is 0 Å². The fraction of sp³-hybridized carbons (Fsp3) is 0.250. The number of aryl methyl sites for hydroxylation is 1.